The molecule has 2 aromatic carbocycles. The second-order valence-electron chi connectivity index (χ2n) is 5.47. The Labute approximate surface area is 141 Å². The van der Waals surface area contributed by atoms with Crippen LogP contribution in [-0.2, 0) is 4.79 Å². The standard InChI is InChI=1S/C19H21NO4/c1-3-24-16-10-8-14(9-11-16)17(12-18(21)22)20-19(23)15-6-4-13(2)5-7-15/h4-11,17H,3,12H2,1-2H3,(H,20,23)(H,21,22)/p-1/t17-/m0/s1. The summed E-state index contributed by atoms with van der Waals surface area (Å²) >= 11 is 0. The molecule has 0 fully saturated rings. The van der Waals surface area contributed by atoms with E-state index in [1.54, 1.807) is 36.4 Å². The number of carboxylic acid groups (broad SMARTS) is 1. The van der Waals surface area contributed by atoms with Crippen LogP contribution in [0.5, 0.6) is 5.75 Å². The summed E-state index contributed by atoms with van der Waals surface area (Å²) in [6.45, 7) is 4.36. The van der Waals surface area contributed by atoms with E-state index in [2.05, 4.69) is 5.32 Å². The minimum absolute atomic E-state index is 0.300. The maximum absolute atomic E-state index is 12.3. The van der Waals surface area contributed by atoms with Gasteiger partial charge in [-0.25, -0.2) is 0 Å². The third-order valence-electron chi connectivity index (χ3n) is 3.58. The lowest BCUT2D eigenvalue weighted by Crippen LogP contribution is -2.34. The number of carbonyl (C=O) groups excluding carboxylic acids is 2. The van der Waals surface area contributed by atoms with E-state index >= 15 is 0 Å². The van der Waals surface area contributed by atoms with Crippen LogP contribution in [0.1, 0.15) is 40.9 Å². The summed E-state index contributed by atoms with van der Waals surface area (Å²) in [7, 11) is 0. The van der Waals surface area contributed by atoms with Gasteiger partial charge in [-0.15, -0.1) is 0 Å². The number of carbonyl (C=O) groups is 2. The summed E-state index contributed by atoms with van der Waals surface area (Å²) < 4.78 is 5.37. The molecule has 0 saturated carbocycles. The van der Waals surface area contributed by atoms with Crippen molar-refractivity contribution in [3.8, 4) is 5.75 Å². The fourth-order valence-electron chi connectivity index (χ4n) is 2.33. The lowest BCUT2D eigenvalue weighted by atomic mass is 10.0. The Morgan fingerprint density at radius 3 is 2.25 bits per heavy atom. The van der Waals surface area contributed by atoms with E-state index in [0.717, 1.165) is 5.56 Å². The molecule has 0 saturated heterocycles. The lowest BCUT2D eigenvalue weighted by molar-refractivity contribution is -0.306. The normalized spacial score (nSPS) is 11.6. The molecule has 0 aliphatic carbocycles. The molecule has 2 rings (SSSR count). The predicted octanol–water partition coefficient (Wildman–Crippen LogP) is 2.00. The summed E-state index contributed by atoms with van der Waals surface area (Å²) in [5.74, 6) is -0.855. The number of aliphatic carboxylic acids is 1. The Bertz CT molecular complexity index is 692. The van der Waals surface area contributed by atoms with Gasteiger partial charge in [-0.1, -0.05) is 29.8 Å². The van der Waals surface area contributed by atoms with Gasteiger partial charge < -0.3 is 20.0 Å². The highest BCUT2D eigenvalue weighted by atomic mass is 16.5. The maximum atomic E-state index is 12.3. The zero-order chi connectivity index (χ0) is 17.5. The molecule has 0 bridgehead atoms. The number of amides is 1. The van der Waals surface area contributed by atoms with Gasteiger partial charge in [0.1, 0.15) is 5.75 Å². The van der Waals surface area contributed by atoms with Crippen LogP contribution in [0.15, 0.2) is 48.5 Å². The van der Waals surface area contributed by atoms with Crippen molar-refractivity contribution in [2.75, 3.05) is 6.61 Å². The van der Waals surface area contributed by atoms with Crippen LogP contribution in [0.4, 0.5) is 0 Å². The molecule has 24 heavy (non-hydrogen) atoms. The molecule has 5 heteroatoms. The predicted molar refractivity (Wildman–Crippen MR) is 88.6 cm³/mol. The fourth-order valence-corrected chi connectivity index (χ4v) is 2.33. The molecule has 0 aliphatic heterocycles. The van der Waals surface area contributed by atoms with Crippen molar-refractivity contribution < 1.29 is 19.4 Å². The fraction of sp³-hybridized carbons (Fsp3) is 0.263. The van der Waals surface area contributed by atoms with E-state index in [0.29, 0.717) is 23.5 Å². The summed E-state index contributed by atoms with van der Waals surface area (Å²) in [6, 6.07) is 13.4. The summed E-state index contributed by atoms with van der Waals surface area (Å²) in [6.07, 6.45) is -0.300. The first kappa shape index (κ1) is 17.5. The quantitative estimate of drug-likeness (QED) is 0.844. The van der Waals surface area contributed by atoms with Crippen molar-refractivity contribution in [2.45, 2.75) is 26.3 Å². The monoisotopic (exact) mass is 326 g/mol. The first-order chi connectivity index (χ1) is 11.5. The number of carboxylic acids is 1. The number of nitrogens with one attached hydrogen (secondary N) is 1. The molecule has 2 aromatic rings. The average molecular weight is 326 g/mol. The number of hydrogen-bond acceptors (Lipinski definition) is 4. The Morgan fingerprint density at radius 1 is 1.08 bits per heavy atom. The number of ether oxygens (including phenoxy) is 1. The highest BCUT2D eigenvalue weighted by Gasteiger charge is 2.16. The third kappa shape index (κ3) is 4.84. The molecule has 1 atom stereocenters. The molecule has 0 spiro atoms. The van der Waals surface area contributed by atoms with E-state index < -0.39 is 12.0 Å². The van der Waals surface area contributed by atoms with E-state index in [1.165, 1.54) is 0 Å². The van der Waals surface area contributed by atoms with E-state index in [4.69, 9.17) is 4.74 Å². The second-order valence-corrected chi connectivity index (χ2v) is 5.47. The molecule has 0 aromatic heterocycles. The maximum Gasteiger partial charge on any atom is 0.251 e. The van der Waals surface area contributed by atoms with Gasteiger partial charge in [-0.2, -0.15) is 0 Å². The van der Waals surface area contributed by atoms with Crippen LogP contribution in [0.2, 0.25) is 0 Å². The van der Waals surface area contributed by atoms with Crippen molar-refractivity contribution in [3.05, 3.63) is 65.2 Å². The van der Waals surface area contributed by atoms with E-state index in [9.17, 15) is 14.7 Å². The topological polar surface area (TPSA) is 78.5 Å². The number of benzene rings is 2. The van der Waals surface area contributed by atoms with Crippen molar-refractivity contribution in [1.29, 1.82) is 0 Å². The van der Waals surface area contributed by atoms with Crippen LogP contribution >= 0.6 is 0 Å². The van der Waals surface area contributed by atoms with Crippen LogP contribution in [0, 0.1) is 6.92 Å². The van der Waals surface area contributed by atoms with E-state index in [-0.39, 0.29) is 12.3 Å². The van der Waals surface area contributed by atoms with Gasteiger partial charge in [0.05, 0.1) is 12.6 Å². The summed E-state index contributed by atoms with van der Waals surface area (Å²) in [5.41, 5.74) is 2.21. The van der Waals surface area contributed by atoms with Crippen molar-refractivity contribution in [2.24, 2.45) is 0 Å². The van der Waals surface area contributed by atoms with Gasteiger partial charge in [0, 0.05) is 18.0 Å². The first-order valence-electron chi connectivity index (χ1n) is 7.79. The Morgan fingerprint density at radius 2 is 1.71 bits per heavy atom. The SMILES string of the molecule is CCOc1ccc([C@H](CC(=O)[O-])NC(=O)c2ccc(C)cc2)cc1. The third-order valence-corrected chi connectivity index (χ3v) is 3.58. The van der Waals surface area contributed by atoms with Crippen molar-refractivity contribution in [3.63, 3.8) is 0 Å². The van der Waals surface area contributed by atoms with Crippen LogP contribution < -0.4 is 15.2 Å². The average Bonchev–Trinajstić information content (AvgIpc) is 2.55. The van der Waals surface area contributed by atoms with Gasteiger partial charge in [-0.05, 0) is 43.7 Å². The van der Waals surface area contributed by atoms with Crippen LogP contribution in [-0.4, -0.2) is 18.5 Å². The molecule has 126 valence electrons. The Balaban J connectivity index is 2.16. The molecule has 0 heterocycles. The largest absolute Gasteiger partial charge is 0.550 e. The molecule has 0 aliphatic rings. The van der Waals surface area contributed by atoms with Crippen LogP contribution in [0.25, 0.3) is 0 Å². The lowest BCUT2D eigenvalue weighted by Gasteiger charge is -2.20. The number of hydrogen-bond donors (Lipinski definition) is 1. The first-order valence-corrected chi connectivity index (χ1v) is 7.79. The van der Waals surface area contributed by atoms with Gasteiger partial charge >= 0.3 is 0 Å². The number of aryl methyl sites for hydroxylation is 1. The van der Waals surface area contributed by atoms with Crippen LogP contribution in [0.3, 0.4) is 0 Å². The zero-order valence-corrected chi connectivity index (χ0v) is 13.7. The molecular formula is C19H20NO4-. The zero-order valence-electron chi connectivity index (χ0n) is 13.7. The minimum Gasteiger partial charge on any atom is -0.550 e. The molecule has 0 unspecified atom stereocenters. The van der Waals surface area contributed by atoms with Gasteiger partial charge in [-0.3, -0.25) is 4.79 Å². The Hall–Kier alpha value is -2.82. The van der Waals surface area contributed by atoms with E-state index in [1.807, 2.05) is 26.0 Å². The minimum atomic E-state index is -1.22. The van der Waals surface area contributed by atoms with Gasteiger partial charge in [0.25, 0.3) is 5.91 Å². The Kier molecular flexibility index (Phi) is 5.95. The summed E-state index contributed by atoms with van der Waals surface area (Å²) in [5, 5.41) is 13.8. The molecule has 1 N–H and O–H groups in total. The highest BCUT2D eigenvalue weighted by Crippen LogP contribution is 2.21. The number of rotatable bonds is 7. The molecular weight excluding hydrogens is 306 g/mol. The molecule has 1 amide bonds. The van der Waals surface area contributed by atoms with Crippen molar-refractivity contribution in [1.82, 2.24) is 5.32 Å². The highest BCUT2D eigenvalue weighted by molar-refractivity contribution is 5.94. The van der Waals surface area contributed by atoms with Crippen molar-refractivity contribution >= 4 is 11.9 Å². The van der Waals surface area contributed by atoms with Gasteiger partial charge in [0.2, 0.25) is 0 Å². The van der Waals surface area contributed by atoms with Gasteiger partial charge in [0.15, 0.2) is 0 Å². The second kappa shape index (κ2) is 8.15. The smallest absolute Gasteiger partial charge is 0.251 e. The molecule has 5 nitrogen and oxygen atoms in total. The molecule has 0 radical (unpaired) electrons. The summed E-state index contributed by atoms with van der Waals surface area (Å²) in [4.78, 5) is 23.4.